The highest BCUT2D eigenvalue weighted by atomic mass is 15.2. The molecule has 0 saturated heterocycles. The van der Waals surface area contributed by atoms with Gasteiger partial charge < -0.3 is 5.32 Å². The van der Waals surface area contributed by atoms with E-state index in [1.165, 1.54) is 5.56 Å². The molecule has 30 heavy (non-hydrogen) atoms. The van der Waals surface area contributed by atoms with Gasteiger partial charge in [0.15, 0.2) is 0 Å². The zero-order chi connectivity index (χ0) is 20.3. The lowest BCUT2D eigenvalue weighted by Gasteiger charge is -2.14. The molecular formula is C24H20N6. The first-order valence-electron chi connectivity index (χ1n) is 9.80. The number of hydrogen-bond donors (Lipinski definition) is 1. The SMILES string of the molecule is CC(Nc1nccc(-n2cnc3cc(-c4ccncc4)ccc32)n1)c1ccccc1. The molecule has 6 nitrogen and oxygen atoms in total. The second-order valence-electron chi connectivity index (χ2n) is 7.07. The van der Waals surface area contributed by atoms with E-state index in [-0.39, 0.29) is 6.04 Å². The molecule has 1 unspecified atom stereocenters. The number of rotatable bonds is 5. The Balaban J connectivity index is 1.45. The van der Waals surface area contributed by atoms with Crippen molar-refractivity contribution in [2.75, 3.05) is 5.32 Å². The van der Waals surface area contributed by atoms with Crippen LogP contribution < -0.4 is 5.32 Å². The van der Waals surface area contributed by atoms with E-state index in [1.807, 2.05) is 41.0 Å². The Morgan fingerprint density at radius 3 is 2.50 bits per heavy atom. The summed E-state index contributed by atoms with van der Waals surface area (Å²) in [6.45, 7) is 2.10. The molecule has 0 amide bonds. The summed E-state index contributed by atoms with van der Waals surface area (Å²) in [6.07, 6.45) is 7.15. The molecule has 3 aromatic heterocycles. The molecule has 0 saturated carbocycles. The van der Waals surface area contributed by atoms with Gasteiger partial charge in [0.25, 0.3) is 0 Å². The van der Waals surface area contributed by atoms with E-state index < -0.39 is 0 Å². The Labute approximate surface area is 174 Å². The van der Waals surface area contributed by atoms with E-state index in [0.717, 1.165) is 28.0 Å². The van der Waals surface area contributed by atoms with E-state index in [2.05, 4.69) is 57.5 Å². The highest BCUT2D eigenvalue weighted by Crippen LogP contribution is 2.25. The number of pyridine rings is 1. The summed E-state index contributed by atoms with van der Waals surface area (Å²) in [5, 5.41) is 3.38. The predicted octanol–water partition coefficient (Wildman–Crippen LogP) is 5.05. The minimum absolute atomic E-state index is 0.101. The Bertz CT molecular complexity index is 1280. The molecule has 146 valence electrons. The van der Waals surface area contributed by atoms with Gasteiger partial charge in [0.2, 0.25) is 5.95 Å². The van der Waals surface area contributed by atoms with Gasteiger partial charge in [-0.15, -0.1) is 0 Å². The minimum Gasteiger partial charge on any atom is -0.348 e. The number of imidazole rings is 1. The Morgan fingerprint density at radius 1 is 0.833 bits per heavy atom. The molecule has 2 aromatic carbocycles. The van der Waals surface area contributed by atoms with Gasteiger partial charge in [-0.2, -0.15) is 4.98 Å². The van der Waals surface area contributed by atoms with Gasteiger partial charge in [-0.3, -0.25) is 9.55 Å². The summed E-state index contributed by atoms with van der Waals surface area (Å²) in [5.74, 6) is 1.35. The number of anilines is 1. The Kier molecular flexibility index (Phi) is 4.65. The number of fused-ring (bicyclic) bond motifs is 1. The summed E-state index contributed by atoms with van der Waals surface area (Å²) in [5.41, 5.74) is 5.31. The largest absolute Gasteiger partial charge is 0.348 e. The smallest absolute Gasteiger partial charge is 0.225 e. The van der Waals surface area contributed by atoms with Crippen LogP contribution in [0.5, 0.6) is 0 Å². The molecule has 0 fully saturated rings. The fourth-order valence-corrected chi connectivity index (χ4v) is 3.49. The van der Waals surface area contributed by atoms with E-state index in [0.29, 0.717) is 5.95 Å². The van der Waals surface area contributed by atoms with E-state index in [4.69, 9.17) is 4.98 Å². The molecule has 5 rings (SSSR count). The first-order chi connectivity index (χ1) is 14.8. The topological polar surface area (TPSA) is 68.5 Å². The van der Waals surface area contributed by atoms with Crippen LogP contribution in [0, 0.1) is 0 Å². The molecule has 1 atom stereocenters. The van der Waals surface area contributed by atoms with Crippen molar-refractivity contribution in [3.63, 3.8) is 0 Å². The van der Waals surface area contributed by atoms with Crippen LogP contribution in [0.25, 0.3) is 28.0 Å². The first-order valence-corrected chi connectivity index (χ1v) is 9.80. The van der Waals surface area contributed by atoms with Crippen LogP contribution in [0.15, 0.2) is 91.6 Å². The Hall–Kier alpha value is -4.06. The van der Waals surface area contributed by atoms with Crippen molar-refractivity contribution in [2.24, 2.45) is 0 Å². The van der Waals surface area contributed by atoms with Gasteiger partial charge in [0.05, 0.1) is 17.1 Å². The zero-order valence-electron chi connectivity index (χ0n) is 16.5. The molecule has 0 aliphatic heterocycles. The van der Waals surface area contributed by atoms with Crippen LogP contribution in [0.3, 0.4) is 0 Å². The highest BCUT2D eigenvalue weighted by Gasteiger charge is 2.11. The molecule has 5 aromatic rings. The van der Waals surface area contributed by atoms with E-state index in [9.17, 15) is 0 Å². The van der Waals surface area contributed by atoms with E-state index in [1.54, 1.807) is 24.9 Å². The van der Waals surface area contributed by atoms with Crippen LogP contribution in [0.1, 0.15) is 18.5 Å². The average Bonchev–Trinajstić information content (AvgIpc) is 3.24. The molecule has 0 aliphatic rings. The van der Waals surface area contributed by atoms with Crippen molar-refractivity contribution >= 4 is 17.0 Å². The number of nitrogens with zero attached hydrogens (tertiary/aromatic N) is 5. The molecule has 6 heteroatoms. The molecule has 0 spiro atoms. The maximum Gasteiger partial charge on any atom is 0.225 e. The molecule has 1 N–H and O–H groups in total. The summed E-state index contributed by atoms with van der Waals surface area (Å²) in [7, 11) is 0. The van der Waals surface area contributed by atoms with Gasteiger partial charge in [-0.05, 0) is 53.9 Å². The van der Waals surface area contributed by atoms with Gasteiger partial charge in [-0.25, -0.2) is 9.97 Å². The third kappa shape index (κ3) is 3.51. The molecule has 3 heterocycles. The molecule has 0 radical (unpaired) electrons. The summed E-state index contributed by atoms with van der Waals surface area (Å²) >= 11 is 0. The fourth-order valence-electron chi connectivity index (χ4n) is 3.49. The van der Waals surface area contributed by atoms with Crippen molar-refractivity contribution in [3.8, 4) is 16.9 Å². The molecule has 0 aliphatic carbocycles. The van der Waals surface area contributed by atoms with Crippen LogP contribution in [0.4, 0.5) is 5.95 Å². The normalized spacial score (nSPS) is 12.0. The maximum atomic E-state index is 4.70. The third-order valence-electron chi connectivity index (χ3n) is 5.09. The lowest BCUT2D eigenvalue weighted by atomic mass is 10.1. The van der Waals surface area contributed by atoms with Gasteiger partial charge >= 0.3 is 0 Å². The summed E-state index contributed by atoms with van der Waals surface area (Å²) < 4.78 is 1.98. The van der Waals surface area contributed by atoms with Gasteiger partial charge in [0.1, 0.15) is 12.1 Å². The van der Waals surface area contributed by atoms with Crippen molar-refractivity contribution in [1.82, 2.24) is 24.5 Å². The van der Waals surface area contributed by atoms with Gasteiger partial charge in [0, 0.05) is 18.6 Å². The van der Waals surface area contributed by atoms with Crippen molar-refractivity contribution in [1.29, 1.82) is 0 Å². The second-order valence-corrected chi connectivity index (χ2v) is 7.07. The lowest BCUT2D eigenvalue weighted by molar-refractivity contribution is 0.854. The zero-order valence-corrected chi connectivity index (χ0v) is 16.5. The maximum absolute atomic E-state index is 4.70. The monoisotopic (exact) mass is 392 g/mol. The number of nitrogens with one attached hydrogen (secondary N) is 1. The fraction of sp³-hybridized carbons (Fsp3) is 0.0833. The quantitative estimate of drug-likeness (QED) is 0.453. The summed E-state index contributed by atoms with van der Waals surface area (Å²) in [4.78, 5) is 17.8. The standard InChI is InChI=1S/C24H20N6/c1-17(18-5-3-2-4-6-18)28-24-26-14-11-23(29-24)30-16-27-21-15-20(7-8-22(21)30)19-9-12-25-13-10-19/h2-17H,1H3,(H,26,28,29). The lowest BCUT2D eigenvalue weighted by Crippen LogP contribution is -2.10. The molecule has 0 bridgehead atoms. The van der Waals surface area contributed by atoms with Crippen LogP contribution in [-0.4, -0.2) is 24.5 Å². The van der Waals surface area contributed by atoms with Crippen molar-refractivity contribution < 1.29 is 0 Å². The van der Waals surface area contributed by atoms with Gasteiger partial charge in [-0.1, -0.05) is 36.4 Å². The number of hydrogen-bond acceptors (Lipinski definition) is 5. The average molecular weight is 392 g/mol. The van der Waals surface area contributed by atoms with Crippen LogP contribution in [0.2, 0.25) is 0 Å². The number of benzene rings is 2. The van der Waals surface area contributed by atoms with Crippen LogP contribution in [-0.2, 0) is 0 Å². The second kappa shape index (κ2) is 7.75. The summed E-state index contributed by atoms with van der Waals surface area (Å²) in [6, 6.07) is 22.5. The van der Waals surface area contributed by atoms with Crippen molar-refractivity contribution in [2.45, 2.75) is 13.0 Å². The highest BCUT2D eigenvalue weighted by molar-refractivity contribution is 5.83. The van der Waals surface area contributed by atoms with E-state index >= 15 is 0 Å². The third-order valence-corrected chi connectivity index (χ3v) is 5.09. The first kappa shape index (κ1) is 18.0. The number of aromatic nitrogens is 5. The predicted molar refractivity (Wildman–Crippen MR) is 118 cm³/mol. The van der Waals surface area contributed by atoms with Crippen LogP contribution >= 0.6 is 0 Å². The van der Waals surface area contributed by atoms with Crippen molar-refractivity contribution in [3.05, 3.63) is 97.2 Å². The Morgan fingerprint density at radius 2 is 1.67 bits per heavy atom. The minimum atomic E-state index is 0.101. The molecular weight excluding hydrogens is 372 g/mol.